The van der Waals surface area contributed by atoms with Crippen LogP contribution >= 0.6 is 7.37 Å². The molecule has 0 aromatic heterocycles. The summed E-state index contributed by atoms with van der Waals surface area (Å²) in [5, 5.41) is 0. The second-order valence-corrected chi connectivity index (χ2v) is 6.75. The van der Waals surface area contributed by atoms with Gasteiger partial charge in [-0.3, -0.25) is 4.57 Å². The normalized spacial score (nSPS) is 33.2. The Labute approximate surface area is 80.2 Å². The van der Waals surface area contributed by atoms with E-state index >= 15 is 0 Å². The lowest BCUT2D eigenvalue weighted by Crippen LogP contribution is -2.16. The molecular formula is C9H20NO2P. The third-order valence-corrected chi connectivity index (χ3v) is 5.42. The van der Waals surface area contributed by atoms with Crippen molar-refractivity contribution >= 4 is 7.37 Å². The number of hydrogen-bond donors (Lipinski definition) is 2. The fourth-order valence-electron chi connectivity index (χ4n) is 1.93. The summed E-state index contributed by atoms with van der Waals surface area (Å²) >= 11 is 0. The summed E-state index contributed by atoms with van der Waals surface area (Å²) in [6, 6.07) is 0.159. The van der Waals surface area contributed by atoms with Gasteiger partial charge < -0.3 is 10.6 Å². The molecule has 1 fully saturated rings. The van der Waals surface area contributed by atoms with Crippen molar-refractivity contribution in [1.29, 1.82) is 0 Å². The monoisotopic (exact) mass is 205 g/mol. The summed E-state index contributed by atoms with van der Waals surface area (Å²) in [6.45, 7) is 2.04. The summed E-state index contributed by atoms with van der Waals surface area (Å²) < 4.78 is 11.8. The summed E-state index contributed by atoms with van der Waals surface area (Å²) in [7, 11) is -2.87. The highest BCUT2D eigenvalue weighted by Crippen LogP contribution is 2.53. The third-order valence-electron chi connectivity index (χ3n) is 2.85. The average molecular weight is 205 g/mol. The Morgan fingerprint density at radius 3 is 2.69 bits per heavy atom. The van der Waals surface area contributed by atoms with Crippen LogP contribution in [0.4, 0.5) is 0 Å². The molecule has 13 heavy (non-hydrogen) atoms. The van der Waals surface area contributed by atoms with Crippen molar-refractivity contribution in [3.05, 3.63) is 0 Å². The van der Waals surface area contributed by atoms with Crippen LogP contribution in [0.15, 0.2) is 0 Å². The van der Waals surface area contributed by atoms with Crippen molar-refractivity contribution in [1.82, 2.24) is 0 Å². The number of rotatable bonds is 4. The van der Waals surface area contributed by atoms with Gasteiger partial charge in [-0.25, -0.2) is 0 Å². The molecule has 0 spiro atoms. The van der Waals surface area contributed by atoms with E-state index in [-0.39, 0.29) is 11.7 Å². The van der Waals surface area contributed by atoms with Gasteiger partial charge in [-0.05, 0) is 25.7 Å². The Balaban J connectivity index is 2.44. The van der Waals surface area contributed by atoms with Gasteiger partial charge >= 0.3 is 0 Å². The molecule has 3 atom stereocenters. The second kappa shape index (κ2) is 4.59. The van der Waals surface area contributed by atoms with E-state index in [9.17, 15) is 9.46 Å². The third kappa shape index (κ3) is 3.08. The van der Waals surface area contributed by atoms with Crippen molar-refractivity contribution in [3.63, 3.8) is 0 Å². The van der Waals surface area contributed by atoms with E-state index in [1.807, 2.05) is 6.92 Å². The van der Waals surface area contributed by atoms with Gasteiger partial charge in [0.05, 0.1) is 0 Å². The maximum absolute atomic E-state index is 11.8. The lowest BCUT2D eigenvalue weighted by molar-refractivity contribution is 0.459. The van der Waals surface area contributed by atoms with Crippen LogP contribution in [0.1, 0.15) is 39.0 Å². The smallest absolute Gasteiger partial charge is 0.203 e. The van der Waals surface area contributed by atoms with Gasteiger partial charge in [-0.1, -0.05) is 13.3 Å². The maximum Gasteiger partial charge on any atom is 0.203 e. The Kier molecular flexibility index (Phi) is 3.96. The molecule has 4 heteroatoms. The van der Waals surface area contributed by atoms with Crippen LogP contribution in [0.2, 0.25) is 0 Å². The van der Waals surface area contributed by atoms with Crippen molar-refractivity contribution in [3.8, 4) is 0 Å². The molecule has 0 bridgehead atoms. The van der Waals surface area contributed by atoms with E-state index in [0.29, 0.717) is 6.16 Å². The molecule has 3 nitrogen and oxygen atoms in total. The Morgan fingerprint density at radius 2 is 2.23 bits per heavy atom. The van der Waals surface area contributed by atoms with E-state index < -0.39 is 7.37 Å². The van der Waals surface area contributed by atoms with Crippen molar-refractivity contribution in [2.24, 2.45) is 5.73 Å². The quantitative estimate of drug-likeness (QED) is 0.689. The zero-order valence-electron chi connectivity index (χ0n) is 8.28. The van der Waals surface area contributed by atoms with Gasteiger partial charge in [0.1, 0.15) is 0 Å². The molecule has 1 unspecified atom stereocenters. The van der Waals surface area contributed by atoms with Crippen LogP contribution < -0.4 is 5.73 Å². The van der Waals surface area contributed by atoms with Crippen LogP contribution in [0.5, 0.6) is 0 Å². The molecule has 0 amide bonds. The van der Waals surface area contributed by atoms with Crippen LogP contribution in [0, 0.1) is 0 Å². The molecule has 0 saturated heterocycles. The fraction of sp³-hybridized carbons (Fsp3) is 1.00. The first-order chi connectivity index (χ1) is 6.06. The summed E-state index contributed by atoms with van der Waals surface area (Å²) in [5.41, 5.74) is 5.71. The van der Waals surface area contributed by atoms with Crippen LogP contribution in [0.3, 0.4) is 0 Å². The topological polar surface area (TPSA) is 63.3 Å². The molecule has 0 aromatic rings. The van der Waals surface area contributed by atoms with Gasteiger partial charge in [-0.2, -0.15) is 0 Å². The van der Waals surface area contributed by atoms with Gasteiger partial charge in [0, 0.05) is 17.9 Å². The Hall–Kier alpha value is 0.150. The summed E-state index contributed by atoms with van der Waals surface area (Å²) in [5.74, 6) is 0. The zero-order valence-corrected chi connectivity index (χ0v) is 9.17. The molecule has 0 aromatic carbocycles. The lowest BCUT2D eigenvalue weighted by Gasteiger charge is -2.17. The van der Waals surface area contributed by atoms with E-state index in [1.165, 1.54) is 0 Å². The molecule has 78 valence electrons. The SMILES string of the molecule is CCCCP(=O)(O)[C@H]1CC[C@H](N)C1. The van der Waals surface area contributed by atoms with Crippen LogP contribution in [-0.4, -0.2) is 22.8 Å². The highest BCUT2D eigenvalue weighted by Gasteiger charge is 2.35. The molecule has 0 radical (unpaired) electrons. The number of unbranched alkanes of at least 4 members (excludes halogenated alkanes) is 1. The Morgan fingerprint density at radius 1 is 1.54 bits per heavy atom. The molecule has 1 aliphatic rings. The van der Waals surface area contributed by atoms with Crippen molar-refractivity contribution < 1.29 is 9.46 Å². The van der Waals surface area contributed by atoms with Crippen LogP contribution in [-0.2, 0) is 4.57 Å². The second-order valence-electron chi connectivity index (χ2n) is 4.06. The first-order valence-corrected chi connectivity index (χ1v) is 7.04. The van der Waals surface area contributed by atoms with E-state index in [2.05, 4.69) is 0 Å². The molecular weight excluding hydrogens is 185 g/mol. The summed E-state index contributed by atoms with van der Waals surface area (Å²) in [4.78, 5) is 9.76. The van der Waals surface area contributed by atoms with Gasteiger partial charge in [0.15, 0.2) is 0 Å². The highest BCUT2D eigenvalue weighted by atomic mass is 31.2. The van der Waals surface area contributed by atoms with Gasteiger partial charge in [0.2, 0.25) is 7.37 Å². The minimum Gasteiger partial charge on any atom is -0.344 e. The average Bonchev–Trinajstić information content (AvgIpc) is 2.49. The van der Waals surface area contributed by atoms with Crippen molar-refractivity contribution in [2.75, 3.05) is 6.16 Å². The molecule has 0 heterocycles. The zero-order chi connectivity index (χ0) is 9.90. The van der Waals surface area contributed by atoms with Gasteiger partial charge in [-0.15, -0.1) is 0 Å². The Bertz CT molecular complexity index is 208. The maximum atomic E-state index is 11.8. The van der Waals surface area contributed by atoms with E-state index in [0.717, 1.165) is 32.1 Å². The van der Waals surface area contributed by atoms with E-state index in [1.54, 1.807) is 0 Å². The van der Waals surface area contributed by atoms with Crippen LogP contribution in [0.25, 0.3) is 0 Å². The first kappa shape index (κ1) is 11.2. The minimum absolute atomic E-state index is 0.00551. The minimum atomic E-state index is -2.87. The first-order valence-electron chi connectivity index (χ1n) is 5.13. The summed E-state index contributed by atoms with van der Waals surface area (Å²) in [6.07, 6.45) is 4.85. The molecule has 0 aliphatic heterocycles. The molecule has 1 saturated carbocycles. The van der Waals surface area contributed by atoms with Crippen molar-refractivity contribution in [2.45, 2.75) is 50.7 Å². The van der Waals surface area contributed by atoms with E-state index in [4.69, 9.17) is 5.73 Å². The largest absolute Gasteiger partial charge is 0.344 e. The highest BCUT2D eigenvalue weighted by molar-refractivity contribution is 7.58. The number of hydrogen-bond acceptors (Lipinski definition) is 2. The standard InChI is InChI=1S/C9H20NO2P/c1-2-3-6-13(11,12)9-5-4-8(10)7-9/h8-9H,2-7,10H2,1H3,(H,11,12)/t8-,9-/m0/s1. The molecule has 3 N–H and O–H groups in total. The predicted molar refractivity (Wildman–Crippen MR) is 55.2 cm³/mol. The predicted octanol–water partition coefficient (Wildman–Crippen LogP) is 1.94. The lowest BCUT2D eigenvalue weighted by atomic mass is 10.3. The van der Waals surface area contributed by atoms with Gasteiger partial charge in [0.25, 0.3) is 0 Å². The fourth-order valence-corrected chi connectivity index (χ4v) is 4.21. The molecule has 1 rings (SSSR count). The molecule has 1 aliphatic carbocycles. The number of nitrogens with two attached hydrogens (primary N) is 1.